The van der Waals surface area contributed by atoms with Gasteiger partial charge in [0.05, 0.1) is 13.2 Å². The van der Waals surface area contributed by atoms with Crippen molar-refractivity contribution in [2.24, 2.45) is 5.92 Å². The van der Waals surface area contributed by atoms with Crippen molar-refractivity contribution in [1.82, 2.24) is 0 Å². The van der Waals surface area contributed by atoms with Crippen LogP contribution in [0.5, 0.6) is 0 Å². The van der Waals surface area contributed by atoms with E-state index in [1.54, 1.807) is 6.92 Å². The lowest BCUT2D eigenvalue weighted by Gasteiger charge is -2.17. The average Bonchev–Trinajstić information content (AvgIpc) is 2.89. The van der Waals surface area contributed by atoms with Gasteiger partial charge >= 0.3 is 5.97 Å². The van der Waals surface area contributed by atoms with Gasteiger partial charge in [-0.3, -0.25) is 0 Å². The van der Waals surface area contributed by atoms with Gasteiger partial charge in [-0.1, -0.05) is 87.0 Å². The van der Waals surface area contributed by atoms with Crippen molar-refractivity contribution in [2.45, 2.75) is 58.8 Å². The van der Waals surface area contributed by atoms with Crippen LogP contribution in [0, 0.1) is 5.92 Å². The van der Waals surface area contributed by atoms with Gasteiger partial charge in [-0.05, 0) is 72.1 Å². The molecular formula is C32H40O4. The second-order valence-corrected chi connectivity index (χ2v) is 9.74. The van der Waals surface area contributed by atoms with Gasteiger partial charge in [0.2, 0.25) is 0 Å². The van der Waals surface area contributed by atoms with Crippen LogP contribution < -0.4 is 0 Å². The molecule has 3 aromatic carbocycles. The molecule has 3 aromatic rings. The molecule has 0 heterocycles. The third-order valence-corrected chi connectivity index (χ3v) is 6.53. The maximum Gasteiger partial charge on any atom is 0.333 e. The predicted octanol–water partition coefficient (Wildman–Crippen LogP) is 6.60. The lowest BCUT2D eigenvalue weighted by molar-refractivity contribution is -0.141. The molecule has 192 valence electrons. The number of aliphatic hydroxyl groups is 1. The van der Waals surface area contributed by atoms with Gasteiger partial charge in [0.1, 0.15) is 6.79 Å². The molecule has 0 bridgehead atoms. The summed E-state index contributed by atoms with van der Waals surface area (Å²) in [6.07, 6.45) is 7.75. The zero-order valence-corrected chi connectivity index (χ0v) is 21.8. The van der Waals surface area contributed by atoms with Crippen LogP contribution in [-0.4, -0.2) is 31.1 Å². The minimum absolute atomic E-state index is 0.0461. The number of rotatable bonds is 15. The van der Waals surface area contributed by atoms with E-state index in [2.05, 4.69) is 74.2 Å². The van der Waals surface area contributed by atoms with E-state index in [1.807, 2.05) is 0 Å². The Bertz CT molecular complexity index is 1120. The molecule has 0 amide bonds. The Kier molecular flexibility index (Phi) is 11.2. The van der Waals surface area contributed by atoms with Crippen LogP contribution in [0.3, 0.4) is 0 Å². The Hall–Kier alpha value is -2.95. The molecular weight excluding hydrogens is 448 g/mol. The molecule has 1 N–H and O–H groups in total. The number of unbranched alkanes of at least 4 members (excludes halogenated alkanes) is 2. The average molecular weight is 489 g/mol. The number of fused-ring (bicyclic) bond motifs is 1. The third-order valence-electron chi connectivity index (χ3n) is 6.53. The Morgan fingerprint density at radius 3 is 2.06 bits per heavy atom. The van der Waals surface area contributed by atoms with Gasteiger partial charge in [0.15, 0.2) is 0 Å². The third kappa shape index (κ3) is 8.92. The first-order chi connectivity index (χ1) is 17.5. The summed E-state index contributed by atoms with van der Waals surface area (Å²) in [6, 6.07) is 22.3. The zero-order chi connectivity index (χ0) is 25.8. The van der Waals surface area contributed by atoms with Crippen LogP contribution in [0.1, 0.15) is 55.4 Å². The fourth-order valence-electron chi connectivity index (χ4n) is 4.40. The number of esters is 1. The van der Waals surface area contributed by atoms with Crippen LogP contribution in [0.2, 0.25) is 0 Å². The highest BCUT2D eigenvalue weighted by molar-refractivity contribution is 5.87. The van der Waals surface area contributed by atoms with E-state index < -0.39 is 5.97 Å². The first-order valence-corrected chi connectivity index (χ1v) is 13.1. The van der Waals surface area contributed by atoms with Crippen molar-refractivity contribution in [1.29, 1.82) is 0 Å². The van der Waals surface area contributed by atoms with Crippen molar-refractivity contribution in [3.8, 4) is 0 Å². The van der Waals surface area contributed by atoms with E-state index in [0.29, 0.717) is 18.6 Å². The van der Waals surface area contributed by atoms with Crippen LogP contribution in [0.25, 0.3) is 10.8 Å². The molecule has 1 atom stereocenters. The number of carbonyl (C=O) groups is 1. The number of ether oxygens (including phenoxy) is 2. The lowest BCUT2D eigenvalue weighted by atomic mass is 9.96. The first kappa shape index (κ1) is 27.6. The quantitative estimate of drug-likeness (QED) is 0.113. The fraction of sp³-hybridized carbons (Fsp3) is 0.406. The number of benzene rings is 3. The number of carbonyl (C=O) groups excluding carboxylic acids is 1. The summed E-state index contributed by atoms with van der Waals surface area (Å²) in [6.45, 7) is 7.68. The standard InChI is InChI=1S/C32H40O4/c1-4-5-6-7-25-8-10-26(11-9-25)12-13-27-14-16-31-20-28(15-17-30(31)19-27)18-29(21-35-23-33)22-36-32(34)24(2)3/h8-11,14-17,19-20,29,33H,2,4-7,12-13,18,21-23H2,1,3H3. The molecule has 0 saturated heterocycles. The molecule has 4 heteroatoms. The maximum atomic E-state index is 11.8. The molecule has 4 nitrogen and oxygen atoms in total. The SMILES string of the molecule is C=C(C)C(=O)OCC(COCO)Cc1ccc2cc(CCc3ccc(CCCCC)cc3)ccc2c1. The van der Waals surface area contributed by atoms with Crippen LogP contribution in [0.4, 0.5) is 0 Å². The number of aliphatic hydroxyl groups excluding tert-OH is 1. The Labute approximate surface area is 216 Å². The van der Waals surface area contributed by atoms with E-state index >= 15 is 0 Å². The normalized spacial score (nSPS) is 12.0. The summed E-state index contributed by atoms with van der Waals surface area (Å²) in [5.74, 6) is -0.451. The molecule has 3 rings (SSSR count). The molecule has 0 saturated carbocycles. The Morgan fingerprint density at radius 2 is 1.42 bits per heavy atom. The topological polar surface area (TPSA) is 55.8 Å². The van der Waals surface area contributed by atoms with Gasteiger partial charge in [0, 0.05) is 11.5 Å². The number of hydrogen-bond acceptors (Lipinski definition) is 4. The Morgan fingerprint density at radius 1 is 0.833 bits per heavy atom. The van der Waals surface area contributed by atoms with E-state index in [1.165, 1.54) is 53.1 Å². The fourth-order valence-corrected chi connectivity index (χ4v) is 4.40. The summed E-state index contributed by atoms with van der Waals surface area (Å²) in [4.78, 5) is 11.8. The van der Waals surface area contributed by atoms with Gasteiger partial charge < -0.3 is 14.6 Å². The largest absolute Gasteiger partial charge is 0.462 e. The molecule has 0 aliphatic heterocycles. The monoisotopic (exact) mass is 488 g/mol. The summed E-state index contributed by atoms with van der Waals surface area (Å²) < 4.78 is 10.5. The highest BCUT2D eigenvalue weighted by Crippen LogP contribution is 2.22. The number of aryl methyl sites for hydroxylation is 3. The number of hydrogen-bond donors (Lipinski definition) is 1. The van der Waals surface area contributed by atoms with E-state index in [0.717, 1.165) is 18.4 Å². The smallest absolute Gasteiger partial charge is 0.333 e. The van der Waals surface area contributed by atoms with Gasteiger partial charge in [-0.25, -0.2) is 4.79 Å². The molecule has 0 aliphatic rings. The second kappa shape index (κ2) is 14.6. The Balaban J connectivity index is 1.58. The summed E-state index contributed by atoms with van der Waals surface area (Å²) >= 11 is 0. The molecule has 0 radical (unpaired) electrons. The van der Waals surface area contributed by atoms with Gasteiger partial charge in [0.25, 0.3) is 0 Å². The zero-order valence-electron chi connectivity index (χ0n) is 21.8. The molecule has 0 spiro atoms. The lowest BCUT2D eigenvalue weighted by Crippen LogP contribution is -2.21. The highest BCUT2D eigenvalue weighted by atomic mass is 16.6. The molecule has 36 heavy (non-hydrogen) atoms. The van der Waals surface area contributed by atoms with E-state index in [9.17, 15) is 4.79 Å². The minimum atomic E-state index is -0.405. The van der Waals surface area contributed by atoms with Crippen molar-refractivity contribution >= 4 is 16.7 Å². The minimum Gasteiger partial charge on any atom is -0.462 e. The van der Waals surface area contributed by atoms with Crippen LogP contribution in [-0.2, 0) is 40.0 Å². The first-order valence-electron chi connectivity index (χ1n) is 13.1. The maximum absolute atomic E-state index is 11.8. The molecule has 1 unspecified atom stereocenters. The summed E-state index contributed by atoms with van der Waals surface area (Å²) in [5, 5.41) is 11.4. The van der Waals surface area contributed by atoms with Crippen LogP contribution >= 0.6 is 0 Å². The summed E-state index contributed by atoms with van der Waals surface area (Å²) in [7, 11) is 0. The molecule has 0 fully saturated rings. The van der Waals surface area contributed by atoms with E-state index in [-0.39, 0.29) is 19.3 Å². The van der Waals surface area contributed by atoms with Gasteiger partial charge in [-0.2, -0.15) is 0 Å². The second-order valence-electron chi connectivity index (χ2n) is 9.74. The predicted molar refractivity (Wildman–Crippen MR) is 147 cm³/mol. The van der Waals surface area contributed by atoms with Crippen LogP contribution in [0.15, 0.2) is 72.8 Å². The van der Waals surface area contributed by atoms with Crippen molar-refractivity contribution in [2.75, 3.05) is 20.0 Å². The van der Waals surface area contributed by atoms with Crippen molar-refractivity contribution in [3.05, 3.63) is 95.1 Å². The van der Waals surface area contributed by atoms with E-state index in [4.69, 9.17) is 14.6 Å². The summed E-state index contributed by atoms with van der Waals surface area (Å²) in [5.41, 5.74) is 5.68. The molecule has 0 aromatic heterocycles. The van der Waals surface area contributed by atoms with Crippen molar-refractivity contribution in [3.63, 3.8) is 0 Å². The highest BCUT2D eigenvalue weighted by Gasteiger charge is 2.14. The molecule has 0 aliphatic carbocycles. The van der Waals surface area contributed by atoms with Crippen molar-refractivity contribution < 1.29 is 19.4 Å². The van der Waals surface area contributed by atoms with Gasteiger partial charge in [-0.15, -0.1) is 0 Å².